The van der Waals surface area contributed by atoms with Crippen molar-refractivity contribution in [1.82, 2.24) is 0 Å². The summed E-state index contributed by atoms with van der Waals surface area (Å²) in [5, 5.41) is 17.3. The van der Waals surface area contributed by atoms with Gasteiger partial charge in [0.05, 0.1) is 5.56 Å². The zero-order chi connectivity index (χ0) is 8.43. The average molecular weight is 153 g/mol. The average Bonchev–Trinajstić information content (AvgIpc) is 1.85. The molecule has 0 atom stereocenters. The van der Waals surface area contributed by atoms with E-state index < -0.39 is 5.97 Å². The van der Waals surface area contributed by atoms with Crippen LogP contribution in [0.25, 0.3) is 0 Å². The van der Waals surface area contributed by atoms with Crippen LogP contribution >= 0.6 is 0 Å². The second-order valence-corrected chi connectivity index (χ2v) is 2.08. The zero-order valence-corrected chi connectivity index (χ0v) is 5.61. The molecule has 0 amide bonds. The Hall–Kier alpha value is -1.71. The van der Waals surface area contributed by atoms with Crippen LogP contribution in [-0.4, -0.2) is 16.2 Å². The smallest absolute Gasteiger partial charge is 0.337 e. The summed E-state index contributed by atoms with van der Waals surface area (Å²) >= 11 is 0. The maximum atomic E-state index is 10.4. The fourth-order valence-corrected chi connectivity index (χ4v) is 0.745. The van der Waals surface area contributed by atoms with Crippen LogP contribution in [0.4, 0.5) is 5.69 Å². The number of carboxylic acid groups (broad SMARTS) is 1. The fourth-order valence-electron chi connectivity index (χ4n) is 0.745. The zero-order valence-electron chi connectivity index (χ0n) is 5.61. The largest absolute Gasteiger partial charge is 0.508 e. The quantitative estimate of drug-likeness (QED) is 0.518. The molecule has 4 N–H and O–H groups in total. The number of phenols is 1. The molecule has 0 heterocycles. The minimum atomic E-state index is -1.09. The third-order valence-electron chi connectivity index (χ3n) is 1.27. The molecule has 1 aromatic carbocycles. The maximum Gasteiger partial charge on any atom is 0.337 e. The molecule has 11 heavy (non-hydrogen) atoms. The van der Waals surface area contributed by atoms with Gasteiger partial charge < -0.3 is 15.9 Å². The van der Waals surface area contributed by atoms with Crippen LogP contribution in [0.5, 0.6) is 5.75 Å². The Balaban J connectivity index is 3.20. The van der Waals surface area contributed by atoms with Crippen LogP contribution in [0.2, 0.25) is 0 Å². The van der Waals surface area contributed by atoms with Gasteiger partial charge in [0.15, 0.2) is 0 Å². The van der Waals surface area contributed by atoms with E-state index >= 15 is 0 Å². The van der Waals surface area contributed by atoms with Crippen LogP contribution < -0.4 is 5.73 Å². The van der Waals surface area contributed by atoms with Crippen molar-refractivity contribution in [1.29, 1.82) is 0 Å². The van der Waals surface area contributed by atoms with Gasteiger partial charge in [-0.1, -0.05) is 0 Å². The Morgan fingerprint density at radius 2 is 2.09 bits per heavy atom. The van der Waals surface area contributed by atoms with Crippen molar-refractivity contribution >= 4 is 11.7 Å². The van der Waals surface area contributed by atoms with E-state index in [0.717, 1.165) is 0 Å². The first kappa shape index (κ1) is 7.40. The van der Waals surface area contributed by atoms with Gasteiger partial charge >= 0.3 is 5.97 Å². The van der Waals surface area contributed by atoms with Crippen molar-refractivity contribution in [3.05, 3.63) is 23.8 Å². The predicted octanol–water partition coefficient (Wildman–Crippen LogP) is 0.673. The Bertz CT molecular complexity index is 296. The number of aromatic hydroxyl groups is 1. The lowest BCUT2D eigenvalue weighted by atomic mass is 10.2. The van der Waals surface area contributed by atoms with E-state index in [0.29, 0.717) is 0 Å². The summed E-state index contributed by atoms with van der Waals surface area (Å²) in [7, 11) is 0. The van der Waals surface area contributed by atoms with Crippen LogP contribution in [0.3, 0.4) is 0 Å². The first-order valence-corrected chi connectivity index (χ1v) is 2.93. The van der Waals surface area contributed by atoms with E-state index in [1.807, 2.05) is 0 Å². The van der Waals surface area contributed by atoms with Gasteiger partial charge in [0, 0.05) is 11.8 Å². The molecule has 0 fully saturated rings. The van der Waals surface area contributed by atoms with Crippen LogP contribution in [0.1, 0.15) is 10.4 Å². The Morgan fingerprint density at radius 3 is 2.55 bits per heavy atom. The van der Waals surface area contributed by atoms with Gasteiger partial charge in [0.2, 0.25) is 0 Å². The van der Waals surface area contributed by atoms with E-state index in [2.05, 4.69) is 0 Å². The molecule has 4 nitrogen and oxygen atoms in total. The molecule has 0 radical (unpaired) electrons. The highest BCUT2D eigenvalue weighted by atomic mass is 16.4. The predicted molar refractivity (Wildman–Crippen MR) is 39.5 cm³/mol. The molecule has 0 bridgehead atoms. The molecule has 0 unspecified atom stereocenters. The van der Waals surface area contributed by atoms with Gasteiger partial charge in [-0.25, -0.2) is 4.79 Å². The third kappa shape index (κ3) is 1.40. The second-order valence-electron chi connectivity index (χ2n) is 2.08. The normalized spacial score (nSPS) is 9.45. The monoisotopic (exact) mass is 153 g/mol. The van der Waals surface area contributed by atoms with Crippen LogP contribution in [0.15, 0.2) is 18.2 Å². The van der Waals surface area contributed by atoms with Gasteiger partial charge in [-0.05, 0) is 12.1 Å². The van der Waals surface area contributed by atoms with Crippen molar-refractivity contribution in [2.45, 2.75) is 0 Å². The molecule has 0 saturated carbocycles. The van der Waals surface area contributed by atoms with Gasteiger partial charge in [-0.2, -0.15) is 0 Å². The van der Waals surface area contributed by atoms with Gasteiger partial charge in [-0.15, -0.1) is 0 Å². The Morgan fingerprint density at radius 1 is 1.45 bits per heavy atom. The van der Waals surface area contributed by atoms with Crippen molar-refractivity contribution in [2.75, 3.05) is 5.73 Å². The Kier molecular flexibility index (Phi) is 1.68. The minimum Gasteiger partial charge on any atom is -0.508 e. The highest BCUT2D eigenvalue weighted by Crippen LogP contribution is 2.17. The lowest BCUT2D eigenvalue weighted by molar-refractivity contribution is 0.0698. The molecule has 58 valence electrons. The van der Waals surface area contributed by atoms with Crippen LogP contribution in [0, 0.1) is 0 Å². The molecule has 4 heteroatoms. The number of benzene rings is 1. The van der Waals surface area contributed by atoms with E-state index in [9.17, 15) is 4.79 Å². The highest BCUT2D eigenvalue weighted by molar-refractivity contribution is 5.93. The van der Waals surface area contributed by atoms with Gasteiger partial charge in [0.1, 0.15) is 5.75 Å². The van der Waals surface area contributed by atoms with Crippen molar-refractivity contribution in [2.24, 2.45) is 0 Å². The van der Waals surface area contributed by atoms with Crippen molar-refractivity contribution in [3.8, 4) is 5.75 Å². The van der Waals surface area contributed by atoms with Gasteiger partial charge in [-0.3, -0.25) is 0 Å². The third-order valence-corrected chi connectivity index (χ3v) is 1.27. The van der Waals surface area contributed by atoms with E-state index in [4.69, 9.17) is 15.9 Å². The van der Waals surface area contributed by atoms with Crippen molar-refractivity contribution < 1.29 is 15.0 Å². The first-order chi connectivity index (χ1) is 5.11. The molecular weight excluding hydrogens is 146 g/mol. The summed E-state index contributed by atoms with van der Waals surface area (Å²) in [6.45, 7) is 0. The number of rotatable bonds is 1. The summed E-state index contributed by atoms with van der Waals surface area (Å²) in [5.74, 6) is -1.13. The number of hydrogen-bond acceptors (Lipinski definition) is 3. The number of anilines is 1. The number of carboxylic acids is 1. The topological polar surface area (TPSA) is 83.5 Å². The number of nitrogen functional groups attached to an aromatic ring is 1. The summed E-state index contributed by atoms with van der Waals surface area (Å²) in [6.07, 6.45) is 0. The molecule has 0 aliphatic rings. The minimum absolute atomic E-state index is 0.00259. The van der Waals surface area contributed by atoms with E-state index in [-0.39, 0.29) is 17.0 Å². The second kappa shape index (κ2) is 2.49. The lowest BCUT2D eigenvalue weighted by Crippen LogP contribution is -2.01. The van der Waals surface area contributed by atoms with Crippen molar-refractivity contribution in [3.63, 3.8) is 0 Å². The molecule has 0 aromatic heterocycles. The molecule has 0 spiro atoms. The maximum absolute atomic E-state index is 10.4. The fraction of sp³-hybridized carbons (Fsp3) is 0. The summed E-state index contributed by atoms with van der Waals surface area (Å²) in [6, 6.07) is 3.73. The molecule has 1 aromatic rings. The SMILES string of the molecule is Nc1cc(O)ccc1C(=O)O. The summed E-state index contributed by atoms with van der Waals surface area (Å²) in [5.41, 5.74) is 5.35. The summed E-state index contributed by atoms with van der Waals surface area (Å²) < 4.78 is 0. The number of aromatic carboxylic acids is 1. The number of carbonyl (C=O) groups is 1. The van der Waals surface area contributed by atoms with Crippen LogP contribution in [-0.2, 0) is 0 Å². The van der Waals surface area contributed by atoms with Gasteiger partial charge in [0.25, 0.3) is 0 Å². The lowest BCUT2D eigenvalue weighted by Gasteiger charge is -1.99. The number of nitrogens with two attached hydrogens (primary N) is 1. The molecule has 0 aliphatic heterocycles. The van der Waals surface area contributed by atoms with E-state index in [1.54, 1.807) is 0 Å². The highest BCUT2D eigenvalue weighted by Gasteiger charge is 2.06. The molecule has 1 rings (SSSR count). The standard InChI is InChI=1S/C7H7NO3/c8-6-3-4(9)1-2-5(6)7(10)11/h1-3,9H,8H2,(H,10,11). The number of hydrogen-bond donors (Lipinski definition) is 3. The first-order valence-electron chi connectivity index (χ1n) is 2.93. The summed E-state index contributed by atoms with van der Waals surface area (Å²) in [4.78, 5) is 10.4. The van der Waals surface area contributed by atoms with E-state index in [1.165, 1.54) is 18.2 Å². The molecule has 0 saturated heterocycles. The molecular formula is C7H7NO3. The molecule has 0 aliphatic carbocycles. The number of phenolic OH excluding ortho intramolecular Hbond substituents is 1. The Labute approximate surface area is 62.9 Å².